The molecule has 0 aliphatic heterocycles. The van der Waals surface area contributed by atoms with E-state index in [9.17, 15) is 9.18 Å². The minimum absolute atomic E-state index is 0.357. The average Bonchev–Trinajstić information content (AvgIpc) is 3.21. The van der Waals surface area contributed by atoms with Crippen molar-refractivity contribution in [3.05, 3.63) is 47.6 Å². The topological polar surface area (TPSA) is 86.2 Å². The van der Waals surface area contributed by atoms with Gasteiger partial charge in [-0.25, -0.2) is 19.3 Å². The molecule has 3 aromatic heterocycles. The third-order valence-corrected chi connectivity index (χ3v) is 6.81. The molecule has 5 rings (SSSR count). The lowest BCUT2D eigenvalue weighted by atomic mass is 10.1. The molecule has 0 atom stereocenters. The third-order valence-electron chi connectivity index (χ3n) is 4.54. The molecule has 130 valence electrons. The van der Waals surface area contributed by atoms with Crippen LogP contribution < -0.4 is 5.73 Å². The van der Waals surface area contributed by atoms with Crippen molar-refractivity contribution in [2.24, 2.45) is 5.73 Å². The first kappa shape index (κ1) is 15.7. The van der Waals surface area contributed by atoms with Crippen LogP contribution in [0, 0.1) is 5.82 Å². The summed E-state index contributed by atoms with van der Waals surface area (Å²) in [6.07, 6.45) is 6.58. The van der Waals surface area contributed by atoms with Crippen LogP contribution in [0.3, 0.4) is 0 Å². The van der Waals surface area contributed by atoms with E-state index in [1.165, 1.54) is 29.2 Å². The zero-order valence-electron chi connectivity index (χ0n) is 13.3. The Balaban J connectivity index is 1.56. The summed E-state index contributed by atoms with van der Waals surface area (Å²) >= 11 is 2.68. The van der Waals surface area contributed by atoms with E-state index >= 15 is 0 Å². The second-order valence-electron chi connectivity index (χ2n) is 6.20. The Bertz CT molecular complexity index is 1180. The molecule has 2 N–H and O–H groups in total. The molecule has 0 spiro atoms. The number of hydrogen-bond acceptors (Lipinski definition) is 6. The fourth-order valence-corrected chi connectivity index (χ4v) is 5.11. The molecule has 0 saturated heterocycles. The molecule has 1 aromatic carbocycles. The first-order valence-electron chi connectivity index (χ1n) is 7.93. The molecule has 0 unspecified atom stereocenters. The van der Waals surface area contributed by atoms with Crippen LogP contribution in [-0.2, 0) is 10.2 Å². The molecule has 1 saturated carbocycles. The normalized spacial score (nSPS) is 15.6. The summed E-state index contributed by atoms with van der Waals surface area (Å²) < 4.78 is 17.2. The van der Waals surface area contributed by atoms with Gasteiger partial charge in [0.15, 0.2) is 0 Å². The highest BCUT2D eigenvalue weighted by Crippen LogP contribution is 2.50. The number of nitrogens with zero attached hydrogens (tertiary/aromatic N) is 4. The van der Waals surface area contributed by atoms with Gasteiger partial charge in [0.05, 0.1) is 21.3 Å². The number of amides is 1. The fourth-order valence-electron chi connectivity index (χ4n) is 2.90. The Morgan fingerprint density at radius 3 is 2.96 bits per heavy atom. The Morgan fingerprint density at radius 1 is 1.35 bits per heavy atom. The highest BCUT2D eigenvalue weighted by Gasteiger charge is 2.52. The summed E-state index contributed by atoms with van der Waals surface area (Å²) in [7, 11) is 0. The van der Waals surface area contributed by atoms with Gasteiger partial charge in [-0.3, -0.25) is 9.20 Å². The Morgan fingerprint density at radius 2 is 2.19 bits per heavy atom. The monoisotopic (exact) mass is 385 g/mol. The Kier molecular flexibility index (Phi) is 3.32. The molecular formula is C17H12FN5OS2. The number of thiazole rings is 1. The van der Waals surface area contributed by atoms with Gasteiger partial charge in [-0.05, 0) is 25.0 Å². The van der Waals surface area contributed by atoms with E-state index in [0.29, 0.717) is 34.0 Å². The van der Waals surface area contributed by atoms with E-state index in [4.69, 9.17) is 5.73 Å². The predicted octanol–water partition coefficient (Wildman–Crippen LogP) is 3.15. The molecule has 4 aromatic rings. The molecule has 1 amide bonds. The molecule has 3 heterocycles. The van der Waals surface area contributed by atoms with Crippen molar-refractivity contribution >= 4 is 45.0 Å². The highest BCUT2D eigenvalue weighted by molar-refractivity contribution is 7.99. The fraction of sp³-hybridized carbons (Fsp3) is 0.176. The van der Waals surface area contributed by atoms with E-state index in [1.807, 2.05) is 6.20 Å². The number of imidazole rings is 1. The lowest BCUT2D eigenvalue weighted by Gasteiger charge is -2.04. The van der Waals surface area contributed by atoms with Crippen LogP contribution in [0.4, 0.5) is 4.39 Å². The second kappa shape index (κ2) is 5.49. The van der Waals surface area contributed by atoms with E-state index in [-0.39, 0.29) is 11.7 Å². The first-order chi connectivity index (χ1) is 12.6. The summed E-state index contributed by atoms with van der Waals surface area (Å²) in [5.74, 6) is -0.152. The highest BCUT2D eigenvalue weighted by atomic mass is 32.2. The number of fused-ring (bicyclic) bond motifs is 2. The number of halogens is 1. The van der Waals surface area contributed by atoms with Crippen molar-refractivity contribution < 1.29 is 9.18 Å². The lowest BCUT2D eigenvalue weighted by molar-refractivity contribution is -0.120. The minimum Gasteiger partial charge on any atom is -0.369 e. The van der Waals surface area contributed by atoms with Gasteiger partial charge >= 0.3 is 0 Å². The molecule has 1 fully saturated rings. The van der Waals surface area contributed by atoms with Crippen molar-refractivity contribution in [1.29, 1.82) is 0 Å². The van der Waals surface area contributed by atoms with Crippen LogP contribution in [0.1, 0.15) is 17.8 Å². The van der Waals surface area contributed by atoms with E-state index < -0.39 is 5.41 Å². The third kappa shape index (κ3) is 2.31. The number of nitrogens with two attached hydrogens (primary N) is 1. The number of carbonyl (C=O) groups excluding carboxylic acids is 1. The van der Waals surface area contributed by atoms with E-state index in [1.54, 1.807) is 28.9 Å². The van der Waals surface area contributed by atoms with E-state index in [0.717, 1.165) is 9.73 Å². The SMILES string of the molecule is NC(=O)C1(c2nc3cc(F)c(Sc4cnc5ncccn45)cc3s2)CC1. The molecule has 0 bridgehead atoms. The summed E-state index contributed by atoms with van der Waals surface area (Å²) in [5, 5.41) is 1.45. The number of carbonyl (C=O) groups is 1. The maximum atomic E-state index is 14.6. The zero-order chi connectivity index (χ0) is 17.9. The lowest BCUT2D eigenvalue weighted by Crippen LogP contribution is -2.28. The number of rotatable bonds is 4. The molecule has 1 aliphatic rings. The summed E-state index contributed by atoms with van der Waals surface area (Å²) in [6.45, 7) is 0. The average molecular weight is 385 g/mol. The largest absolute Gasteiger partial charge is 0.369 e. The molecule has 9 heteroatoms. The van der Waals surface area contributed by atoms with Gasteiger partial charge in [0, 0.05) is 18.5 Å². The smallest absolute Gasteiger partial charge is 0.234 e. The van der Waals surface area contributed by atoms with Crippen molar-refractivity contribution in [3.63, 3.8) is 0 Å². The standard InChI is InChI=1S/C17H12FN5OS2/c18-9-6-10-12(26-15(22-10)17(2-3-17)14(19)24)7-11(9)25-13-8-21-16-20-4-1-5-23(13)16/h1,4-8H,2-3H2,(H2,19,24). The van der Waals surface area contributed by atoms with Gasteiger partial charge in [-0.15, -0.1) is 11.3 Å². The molecule has 0 radical (unpaired) electrons. The van der Waals surface area contributed by atoms with Gasteiger partial charge in [0.2, 0.25) is 11.7 Å². The van der Waals surface area contributed by atoms with Gasteiger partial charge < -0.3 is 5.73 Å². The van der Waals surface area contributed by atoms with Crippen molar-refractivity contribution in [3.8, 4) is 0 Å². The summed E-state index contributed by atoms with van der Waals surface area (Å²) in [6, 6.07) is 4.98. The van der Waals surface area contributed by atoms with Gasteiger partial charge in [0.25, 0.3) is 0 Å². The van der Waals surface area contributed by atoms with Crippen LogP contribution in [0.15, 0.2) is 46.7 Å². The number of primary amides is 1. The van der Waals surface area contributed by atoms with Gasteiger partial charge in [0.1, 0.15) is 21.3 Å². The number of benzene rings is 1. The molecule has 6 nitrogen and oxygen atoms in total. The zero-order valence-corrected chi connectivity index (χ0v) is 15.0. The molecular weight excluding hydrogens is 373 g/mol. The summed E-state index contributed by atoms with van der Waals surface area (Å²) in [4.78, 5) is 25.0. The van der Waals surface area contributed by atoms with Crippen molar-refractivity contribution in [1.82, 2.24) is 19.4 Å². The molecule has 26 heavy (non-hydrogen) atoms. The van der Waals surface area contributed by atoms with E-state index in [2.05, 4.69) is 15.0 Å². The summed E-state index contributed by atoms with van der Waals surface area (Å²) in [5.41, 5.74) is 5.43. The van der Waals surface area contributed by atoms with Crippen molar-refractivity contribution in [2.75, 3.05) is 0 Å². The molecule has 1 aliphatic carbocycles. The van der Waals surface area contributed by atoms with Crippen LogP contribution in [-0.4, -0.2) is 25.3 Å². The Labute approximate surface area is 155 Å². The maximum absolute atomic E-state index is 14.6. The van der Waals surface area contributed by atoms with Crippen LogP contribution in [0.25, 0.3) is 16.0 Å². The van der Waals surface area contributed by atoms with Gasteiger partial charge in [-0.1, -0.05) is 11.8 Å². The Hall–Kier alpha value is -2.52. The number of aromatic nitrogens is 4. The van der Waals surface area contributed by atoms with Crippen LogP contribution in [0.5, 0.6) is 0 Å². The van der Waals surface area contributed by atoms with Gasteiger partial charge in [-0.2, -0.15) is 0 Å². The van der Waals surface area contributed by atoms with Crippen LogP contribution >= 0.6 is 23.1 Å². The predicted molar refractivity (Wildman–Crippen MR) is 96.8 cm³/mol. The number of hydrogen-bond donors (Lipinski definition) is 1. The minimum atomic E-state index is -0.652. The maximum Gasteiger partial charge on any atom is 0.234 e. The van der Waals surface area contributed by atoms with Crippen molar-refractivity contribution in [2.45, 2.75) is 28.2 Å². The first-order valence-corrected chi connectivity index (χ1v) is 9.56. The second-order valence-corrected chi connectivity index (χ2v) is 8.30. The quantitative estimate of drug-likeness (QED) is 0.583. The van der Waals surface area contributed by atoms with Crippen LogP contribution in [0.2, 0.25) is 0 Å².